The maximum atomic E-state index is 5.52. The fourth-order valence-corrected chi connectivity index (χ4v) is 1.65. The highest BCUT2D eigenvalue weighted by Crippen LogP contribution is 2.30. The van der Waals surface area contributed by atoms with Crippen molar-refractivity contribution in [2.45, 2.75) is 6.42 Å². The van der Waals surface area contributed by atoms with E-state index in [0.717, 1.165) is 24.5 Å². The van der Waals surface area contributed by atoms with E-state index in [1.54, 1.807) is 7.11 Å². The third-order valence-corrected chi connectivity index (χ3v) is 2.44. The Morgan fingerprint density at radius 2 is 2.06 bits per heavy atom. The minimum Gasteiger partial charge on any atom is -0.486 e. The van der Waals surface area contributed by atoms with Gasteiger partial charge in [-0.05, 0) is 24.1 Å². The molecule has 1 N–H and O–H groups in total. The normalized spacial score (nSPS) is 13.8. The lowest BCUT2D eigenvalue weighted by Gasteiger charge is -2.18. The first-order valence-electron chi connectivity index (χ1n) is 5.48. The first-order chi connectivity index (χ1) is 7.90. The quantitative estimate of drug-likeness (QED) is 0.601. The Balaban J connectivity index is 1.90. The highest BCUT2D eigenvalue weighted by atomic mass is 16.6. The summed E-state index contributed by atoms with van der Waals surface area (Å²) in [5, 5.41) is 3.17. The summed E-state index contributed by atoms with van der Waals surface area (Å²) in [6.07, 6.45) is 0.958. The standard InChI is InChI=1S/C12H17NO3/c1-14-9-13-5-4-10-2-3-11-12(8-10)16-7-6-15-11/h2-3,8,13H,4-7,9H2,1H3. The predicted molar refractivity (Wildman–Crippen MR) is 61.0 cm³/mol. The molecule has 0 aliphatic carbocycles. The number of nitrogens with one attached hydrogen (secondary N) is 1. The number of methoxy groups -OCH3 is 1. The van der Waals surface area contributed by atoms with Crippen LogP contribution in [0.2, 0.25) is 0 Å². The Morgan fingerprint density at radius 3 is 2.88 bits per heavy atom. The maximum absolute atomic E-state index is 5.52. The Bertz CT molecular complexity index is 341. The van der Waals surface area contributed by atoms with E-state index in [1.165, 1.54) is 5.56 Å². The Kier molecular flexibility index (Phi) is 4.02. The van der Waals surface area contributed by atoms with Crippen LogP contribution in [0.25, 0.3) is 0 Å². The topological polar surface area (TPSA) is 39.7 Å². The van der Waals surface area contributed by atoms with Gasteiger partial charge in [-0.2, -0.15) is 0 Å². The minimum absolute atomic E-state index is 0.588. The zero-order chi connectivity index (χ0) is 11.2. The molecule has 0 atom stereocenters. The molecule has 0 aromatic heterocycles. The number of ether oxygens (including phenoxy) is 3. The van der Waals surface area contributed by atoms with Crippen LogP contribution < -0.4 is 14.8 Å². The highest BCUT2D eigenvalue weighted by Gasteiger charge is 2.11. The number of fused-ring (bicyclic) bond motifs is 1. The molecule has 4 nitrogen and oxygen atoms in total. The third-order valence-electron chi connectivity index (χ3n) is 2.44. The lowest BCUT2D eigenvalue weighted by atomic mass is 10.1. The van der Waals surface area contributed by atoms with Gasteiger partial charge >= 0.3 is 0 Å². The monoisotopic (exact) mass is 223 g/mol. The molecule has 0 saturated heterocycles. The van der Waals surface area contributed by atoms with E-state index in [0.29, 0.717) is 19.9 Å². The Morgan fingerprint density at radius 1 is 1.25 bits per heavy atom. The molecule has 2 rings (SSSR count). The molecule has 4 heteroatoms. The van der Waals surface area contributed by atoms with Crippen molar-refractivity contribution < 1.29 is 14.2 Å². The summed E-state index contributed by atoms with van der Waals surface area (Å²) in [5.74, 6) is 1.70. The second kappa shape index (κ2) is 5.72. The van der Waals surface area contributed by atoms with Gasteiger partial charge in [0.25, 0.3) is 0 Å². The van der Waals surface area contributed by atoms with Gasteiger partial charge in [-0.3, -0.25) is 5.32 Å². The number of hydrogen-bond acceptors (Lipinski definition) is 4. The van der Waals surface area contributed by atoms with E-state index in [-0.39, 0.29) is 0 Å². The third kappa shape index (κ3) is 2.87. The van der Waals surface area contributed by atoms with Crippen molar-refractivity contribution in [2.75, 3.05) is 33.6 Å². The average molecular weight is 223 g/mol. The van der Waals surface area contributed by atoms with Crippen molar-refractivity contribution in [2.24, 2.45) is 0 Å². The first kappa shape index (κ1) is 11.2. The highest BCUT2D eigenvalue weighted by molar-refractivity contribution is 5.43. The van der Waals surface area contributed by atoms with E-state index >= 15 is 0 Å². The largest absolute Gasteiger partial charge is 0.486 e. The van der Waals surface area contributed by atoms with Crippen LogP contribution in [0.5, 0.6) is 11.5 Å². The lowest BCUT2D eigenvalue weighted by Crippen LogP contribution is -2.20. The summed E-state index contributed by atoms with van der Waals surface area (Å²) in [6.45, 7) is 2.76. The molecule has 0 radical (unpaired) electrons. The molecule has 0 amide bonds. The van der Waals surface area contributed by atoms with Gasteiger partial charge in [-0.25, -0.2) is 0 Å². The SMILES string of the molecule is COCNCCc1ccc2c(c1)OCCO2. The minimum atomic E-state index is 0.588. The van der Waals surface area contributed by atoms with Crippen molar-refractivity contribution >= 4 is 0 Å². The van der Waals surface area contributed by atoms with Crippen molar-refractivity contribution in [1.29, 1.82) is 0 Å². The van der Waals surface area contributed by atoms with Gasteiger partial charge in [-0.15, -0.1) is 0 Å². The zero-order valence-electron chi connectivity index (χ0n) is 9.49. The number of rotatable bonds is 5. The smallest absolute Gasteiger partial charge is 0.161 e. The van der Waals surface area contributed by atoms with Gasteiger partial charge in [-0.1, -0.05) is 6.07 Å². The molecule has 16 heavy (non-hydrogen) atoms. The molecule has 0 bridgehead atoms. The van der Waals surface area contributed by atoms with E-state index in [2.05, 4.69) is 11.4 Å². The molecular formula is C12H17NO3. The van der Waals surface area contributed by atoms with Gasteiger partial charge < -0.3 is 14.2 Å². The lowest BCUT2D eigenvalue weighted by molar-refractivity contribution is 0.171. The average Bonchev–Trinajstić information content (AvgIpc) is 2.34. The van der Waals surface area contributed by atoms with Gasteiger partial charge in [0.15, 0.2) is 11.5 Å². The van der Waals surface area contributed by atoms with Crippen LogP contribution in [0.1, 0.15) is 5.56 Å². The van der Waals surface area contributed by atoms with E-state index in [9.17, 15) is 0 Å². The van der Waals surface area contributed by atoms with E-state index < -0.39 is 0 Å². The van der Waals surface area contributed by atoms with Gasteiger partial charge in [0.1, 0.15) is 13.2 Å². The first-order valence-corrected chi connectivity index (χ1v) is 5.48. The van der Waals surface area contributed by atoms with E-state index in [4.69, 9.17) is 14.2 Å². The van der Waals surface area contributed by atoms with Crippen molar-refractivity contribution in [3.8, 4) is 11.5 Å². The molecule has 1 aromatic carbocycles. The van der Waals surface area contributed by atoms with Crippen molar-refractivity contribution in [3.05, 3.63) is 23.8 Å². The second-order valence-corrected chi connectivity index (χ2v) is 3.66. The molecule has 0 saturated carbocycles. The summed E-state index contributed by atoms with van der Waals surface area (Å²) in [4.78, 5) is 0. The molecule has 0 fully saturated rings. The molecule has 1 heterocycles. The van der Waals surface area contributed by atoms with Crippen LogP contribution in [0, 0.1) is 0 Å². The fourth-order valence-electron chi connectivity index (χ4n) is 1.65. The van der Waals surface area contributed by atoms with Crippen molar-refractivity contribution in [1.82, 2.24) is 5.32 Å². The summed E-state index contributed by atoms with van der Waals surface area (Å²) in [6, 6.07) is 6.09. The zero-order valence-corrected chi connectivity index (χ0v) is 9.49. The summed E-state index contributed by atoms with van der Waals surface area (Å²) < 4.78 is 15.9. The molecular weight excluding hydrogens is 206 g/mol. The molecule has 88 valence electrons. The molecule has 1 aliphatic rings. The molecule has 0 unspecified atom stereocenters. The molecule has 1 aliphatic heterocycles. The van der Waals surface area contributed by atoms with Gasteiger partial charge in [0.05, 0.1) is 6.73 Å². The van der Waals surface area contributed by atoms with Crippen LogP contribution in [0.4, 0.5) is 0 Å². The van der Waals surface area contributed by atoms with Crippen LogP contribution in [-0.2, 0) is 11.2 Å². The fraction of sp³-hybridized carbons (Fsp3) is 0.500. The summed E-state index contributed by atoms with van der Waals surface area (Å²) >= 11 is 0. The van der Waals surface area contributed by atoms with Crippen molar-refractivity contribution in [3.63, 3.8) is 0 Å². The van der Waals surface area contributed by atoms with Crippen LogP contribution in [0.3, 0.4) is 0 Å². The Hall–Kier alpha value is -1.26. The number of benzene rings is 1. The maximum Gasteiger partial charge on any atom is 0.161 e. The predicted octanol–water partition coefficient (Wildman–Crippen LogP) is 1.19. The van der Waals surface area contributed by atoms with Crippen LogP contribution in [0.15, 0.2) is 18.2 Å². The van der Waals surface area contributed by atoms with E-state index in [1.807, 2.05) is 12.1 Å². The molecule has 0 spiro atoms. The van der Waals surface area contributed by atoms with Gasteiger partial charge in [0.2, 0.25) is 0 Å². The number of hydrogen-bond donors (Lipinski definition) is 1. The van der Waals surface area contributed by atoms with Crippen LogP contribution in [-0.4, -0.2) is 33.6 Å². The van der Waals surface area contributed by atoms with Crippen LogP contribution >= 0.6 is 0 Å². The Labute approximate surface area is 95.5 Å². The summed E-state index contributed by atoms with van der Waals surface area (Å²) in [5.41, 5.74) is 1.24. The summed E-state index contributed by atoms with van der Waals surface area (Å²) in [7, 11) is 1.68. The molecule has 1 aromatic rings. The van der Waals surface area contributed by atoms with Gasteiger partial charge in [0, 0.05) is 13.7 Å². The second-order valence-electron chi connectivity index (χ2n) is 3.66.